The molecular weight excluding hydrogens is 290 g/mol. The zero-order valence-corrected chi connectivity index (χ0v) is 11.4. The Bertz CT molecular complexity index is 456. The van der Waals surface area contributed by atoms with Gasteiger partial charge in [0.05, 0.1) is 12.6 Å². The van der Waals surface area contributed by atoms with E-state index in [1.54, 1.807) is 12.1 Å². The zero-order chi connectivity index (χ0) is 14.5. The van der Waals surface area contributed by atoms with Crippen LogP contribution in [0.2, 0.25) is 5.02 Å². The Balaban J connectivity index is 1.93. The summed E-state index contributed by atoms with van der Waals surface area (Å²) < 4.78 is 29.6. The van der Waals surface area contributed by atoms with E-state index in [0.29, 0.717) is 18.1 Å². The van der Waals surface area contributed by atoms with Gasteiger partial charge in [-0.05, 0) is 24.1 Å². The molecule has 2 rings (SSSR count). The summed E-state index contributed by atoms with van der Waals surface area (Å²) in [7, 11) is 0. The number of benzene rings is 1. The number of hydrogen-bond donors (Lipinski definition) is 2. The standard InChI is InChI=1S/C13H15ClF2N2O2/c14-9-3-1-8(2-4-9)12-10(5-6-20-12)18-13(19)17-7-11(15)16/h1-4,10-12H,5-7H2,(H2,17,18,19)/t10-,12-/m1/s1. The number of halogens is 3. The highest BCUT2D eigenvalue weighted by Crippen LogP contribution is 2.29. The number of carbonyl (C=O) groups excluding carboxylic acids is 1. The number of hydrogen-bond acceptors (Lipinski definition) is 2. The van der Waals surface area contributed by atoms with E-state index < -0.39 is 19.0 Å². The summed E-state index contributed by atoms with van der Waals surface area (Å²) in [6, 6.07) is 6.28. The lowest BCUT2D eigenvalue weighted by molar-refractivity contribution is 0.0994. The lowest BCUT2D eigenvalue weighted by atomic mass is 10.0. The molecular formula is C13H15ClF2N2O2. The predicted molar refractivity (Wildman–Crippen MR) is 71.1 cm³/mol. The van der Waals surface area contributed by atoms with Gasteiger partial charge in [-0.25, -0.2) is 13.6 Å². The molecule has 2 N–H and O–H groups in total. The summed E-state index contributed by atoms with van der Waals surface area (Å²) in [5.41, 5.74) is 0.894. The second-order valence-electron chi connectivity index (χ2n) is 4.48. The molecule has 1 saturated heterocycles. The lowest BCUT2D eigenvalue weighted by Crippen LogP contribution is -2.44. The molecule has 0 radical (unpaired) electrons. The third-order valence-corrected chi connectivity index (χ3v) is 3.28. The van der Waals surface area contributed by atoms with Gasteiger partial charge in [-0.15, -0.1) is 0 Å². The maximum absolute atomic E-state index is 12.0. The summed E-state index contributed by atoms with van der Waals surface area (Å²) in [6.45, 7) is -0.155. The van der Waals surface area contributed by atoms with E-state index in [-0.39, 0.29) is 12.1 Å². The minimum absolute atomic E-state index is 0.242. The van der Waals surface area contributed by atoms with Gasteiger partial charge in [0.1, 0.15) is 6.10 Å². The molecule has 0 aliphatic carbocycles. The molecule has 1 aliphatic heterocycles. The zero-order valence-electron chi connectivity index (χ0n) is 10.6. The molecule has 1 fully saturated rings. The van der Waals surface area contributed by atoms with Crippen LogP contribution < -0.4 is 10.6 Å². The van der Waals surface area contributed by atoms with Crippen molar-refractivity contribution in [2.75, 3.05) is 13.2 Å². The van der Waals surface area contributed by atoms with Crippen molar-refractivity contribution in [1.29, 1.82) is 0 Å². The predicted octanol–water partition coefficient (Wildman–Crippen LogP) is 2.73. The molecule has 1 aliphatic rings. The summed E-state index contributed by atoms with van der Waals surface area (Å²) in [5, 5.41) is 5.39. The summed E-state index contributed by atoms with van der Waals surface area (Å²) in [4.78, 5) is 11.5. The van der Waals surface area contributed by atoms with Gasteiger partial charge in [0.15, 0.2) is 0 Å². The van der Waals surface area contributed by atoms with E-state index in [4.69, 9.17) is 16.3 Å². The van der Waals surface area contributed by atoms with E-state index in [1.807, 2.05) is 12.1 Å². The molecule has 0 unspecified atom stereocenters. The van der Waals surface area contributed by atoms with Crippen LogP contribution >= 0.6 is 11.6 Å². The van der Waals surface area contributed by atoms with Crippen LogP contribution in [0.4, 0.5) is 13.6 Å². The number of rotatable bonds is 4. The van der Waals surface area contributed by atoms with Gasteiger partial charge in [-0.1, -0.05) is 23.7 Å². The van der Waals surface area contributed by atoms with Crippen molar-refractivity contribution in [3.05, 3.63) is 34.9 Å². The van der Waals surface area contributed by atoms with Crippen LogP contribution in [0.15, 0.2) is 24.3 Å². The van der Waals surface area contributed by atoms with E-state index in [1.165, 1.54) is 0 Å². The molecule has 1 aromatic rings. The minimum Gasteiger partial charge on any atom is -0.371 e. The van der Waals surface area contributed by atoms with Crippen molar-refractivity contribution in [2.45, 2.75) is 25.0 Å². The summed E-state index contributed by atoms with van der Waals surface area (Å²) >= 11 is 5.82. The number of ether oxygens (including phenoxy) is 1. The SMILES string of the molecule is O=C(NCC(F)F)N[C@@H]1CCO[C@@H]1c1ccc(Cl)cc1. The molecule has 1 aromatic carbocycles. The van der Waals surface area contributed by atoms with Gasteiger partial charge in [0, 0.05) is 11.6 Å². The first-order valence-electron chi connectivity index (χ1n) is 6.26. The Labute approximate surface area is 120 Å². The second-order valence-corrected chi connectivity index (χ2v) is 4.92. The number of amides is 2. The van der Waals surface area contributed by atoms with Crippen molar-refractivity contribution in [3.63, 3.8) is 0 Å². The van der Waals surface area contributed by atoms with Crippen LogP contribution in [-0.4, -0.2) is 31.7 Å². The Hall–Kier alpha value is -1.40. The molecule has 110 valence electrons. The van der Waals surface area contributed by atoms with E-state index in [2.05, 4.69) is 10.6 Å². The molecule has 7 heteroatoms. The fourth-order valence-corrected chi connectivity index (χ4v) is 2.23. The second kappa shape index (κ2) is 6.85. The van der Waals surface area contributed by atoms with Gasteiger partial charge in [-0.2, -0.15) is 0 Å². The highest BCUT2D eigenvalue weighted by Gasteiger charge is 2.30. The molecule has 4 nitrogen and oxygen atoms in total. The van der Waals surface area contributed by atoms with Crippen molar-refractivity contribution in [1.82, 2.24) is 10.6 Å². The Morgan fingerprint density at radius 2 is 2.10 bits per heavy atom. The van der Waals surface area contributed by atoms with E-state index in [0.717, 1.165) is 5.56 Å². The summed E-state index contributed by atoms with van der Waals surface area (Å²) in [5.74, 6) is 0. The number of alkyl halides is 2. The Kier molecular flexibility index (Phi) is 5.14. The van der Waals surface area contributed by atoms with Crippen LogP contribution in [0.1, 0.15) is 18.1 Å². The van der Waals surface area contributed by atoms with Crippen molar-refractivity contribution >= 4 is 17.6 Å². The molecule has 2 amide bonds. The molecule has 0 saturated carbocycles. The van der Waals surface area contributed by atoms with Crippen LogP contribution in [0, 0.1) is 0 Å². The topological polar surface area (TPSA) is 50.4 Å². The highest BCUT2D eigenvalue weighted by molar-refractivity contribution is 6.30. The molecule has 1 heterocycles. The number of urea groups is 1. The molecule has 0 aromatic heterocycles. The van der Waals surface area contributed by atoms with Crippen molar-refractivity contribution in [3.8, 4) is 0 Å². The van der Waals surface area contributed by atoms with Crippen LogP contribution in [0.5, 0.6) is 0 Å². The normalized spacial score (nSPS) is 22.0. The first-order valence-corrected chi connectivity index (χ1v) is 6.63. The minimum atomic E-state index is -2.56. The van der Waals surface area contributed by atoms with Crippen molar-refractivity contribution < 1.29 is 18.3 Å². The third kappa shape index (κ3) is 4.05. The quantitative estimate of drug-likeness (QED) is 0.898. The van der Waals surface area contributed by atoms with Crippen LogP contribution in [-0.2, 0) is 4.74 Å². The first-order chi connectivity index (χ1) is 9.56. The molecule has 2 atom stereocenters. The molecule has 0 bridgehead atoms. The largest absolute Gasteiger partial charge is 0.371 e. The molecule has 0 spiro atoms. The molecule has 20 heavy (non-hydrogen) atoms. The van der Waals surface area contributed by atoms with E-state index >= 15 is 0 Å². The maximum Gasteiger partial charge on any atom is 0.315 e. The van der Waals surface area contributed by atoms with Gasteiger partial charge in [0.25, 0.3) is 6.43 Å². The average molecular weight is 305 g/mol. The van der Waals surface area contributed by atoms with Gasteiger partial charge >= 0.3 is 6.03 Å². The smallest absolute Gasteiger partial charge is 0.315 e. The van der Waals surface area contributed by atoms with Gasteiger partial charge in [-0.3, -0.25) is 0 Å². The average Bonchev–Trinajstić information content (AvgIpc) is 2.85. The first kappa shape index (κ1) is 15.0. The Morgan fingerprint density at radius 1 is 1.40 bits per heavy atom. The van der Waals surface area contributed by atoms with Crippen LogP contribution in [0.25, 0.3) is 0 Å². The highest BCUT2D eigenvalue weighted by atomic mass is 35.5. The van der Waals surface area contributed by atoms with Gasteiger partial charge in [0.2, 0.25) is 0 Å². The monoisotopic (exact) mass is 304 g/mol. The lowest BCUT2D eigenvalue weighted by Gasteiger charge is -2.20. The van der Waals surface area contributed by atoms with E-state index in [9.17, 15) is 13.6 Å². The number of nitrogens with one attached hydrogen (secondary N) is 2. The van der Waals surface area contributed by atoms with Gasteiger partial charge < -0.3 is 15.4 Å². The Morgan fingerprint density at radius 3 is 2.75 bits per heavy atom. The van der Waals surface area contributed by atoms with Crippen LogP contribution in [0.3, 0.4) is 0 Å². The fraction of sp³-hybridized carbons (Fsp3) is 0.462. The fourth-order valence-electron chi connectivity index (χ4n) is 2.11. The summed E-state index contributed by atoms with van der Waals surface area (Å²) in [6.07, 6.45) is -2.22. The number of carbonyl (C=O) groups is 1. The maximum atomic E-state index is 12.0. The van der Waals surface area contributed by atoms with Crippen molar-refractivity contribution in [2.24, 2.45) is 0 Å². The third-order valence-electron chi connectivity index (χ3n) is 3.02.